The van der Waals surface area contributed by atoms with Crippen LogP contribution in [0.3, 0.4) is 0 Å². The van der Waals surface area contributed by atoms with Gasteiger partial charge in [-0.2, -0.15) is 0 Å². The second-order valence-electron chi connectivity index (χ2n) is 4.59. The molecular weight excluding hydrogens is 276 g/mol. The molecule has 1 aromatic carbocycles. The summed E-state index contributed by atoms with van der Waals surface area (Å²) in [6.07, 6.45) is 4.63. The molecule has 0 atom stereocenters. The van der Waals surface area contributed by atoms with E-state index in [0.717, 1.165) is 22.8 Å². The highest BCUT2D eigenvalue weighted by molar-refractivity contribution is 7.98. The zero-order valence-electron chi connectivity index (χ0n) is 11.2. The van der Waals surface area contributed by atoms with Gasteiger partial charge in [0.25, 0.3) is 0 Å². The van der Waals surface area contributed by atoms with Crippen LogP contribution in [-0.4, -0.2) is 42.4 Å². The molecule has 104 valence electrons. The summed E-state index contributed by atoms with van der Waals surface area (Å²) in [6.45, 7) is 4.04. The Morgan fingerprint density at radius 1 is 1.42 bits per heavy atom. The van der Waals surface area contributed by atoms with Crippen molar-refractivity contribution in [3.05, 3.63) is 23.8 Å². The van der Waals surface area contributed by atoms with Crippen molar-refractivity contribution in [2.24, 2.45) is 5.73 Å². The number of nitrogens with two attached hydrogens (primary N) is 1. The molecule has 0 saturated carbocycles. The Bertz CT molecular complexity index is 445. The molecule has 0 amide bonds. The molecule has 0 bridgehead atoms. The van der Waals surface area contributed by atoms with E-state index in [1.807, 2.05) is 24.5 Å². The van der Waals surface area contributed by atoms with Crippen LogP contribution >= 0.6 is 24.0 Å². The van der Waals surface area contributed by atoms with Crippen molar-refractivity contribution in [3.8, 4) is 5.75 Å². The molecule has 0 unspecified atom stereocenters. The van der Waals surface area contributed by atoms with Crippen molar-refractivity contribution in [2.45, 2.75) is 17.7 Å². The first-order valence-electron chi connectivity index (χ1n) is 6.54. The number of thiocarbonyl (C=S) groups is 1. The number of benzene rings is 1. The van der Waals surface area contributed by atoms with Gasteiger partial charge in [-0.05, 0) is 44.3 Å². The van der Waals surface area contributed by atoms with Gasteiger partial charge in [-0.3, -0.25) is 4.90 Å². The summed E-state index contributed by atoms with van der Waals surface area (Å²) < 4.78 is 5.88. The van der Waals surface area contributed by atoms with E-state index in [-0.39, 0.29) is 0 Å². The summed E-state index contributed by atoms with van der Waals surface area (Å²) in [5.74, 6) is 0.804. The van der Waals surface area contributed by atoms with Crippen LogP contribution in [0.1, 0.15) is 18.4 Å². The number of ether oxygens (including phenoxy) is 1. The molecule has 1 saturated heterocycles. The van der Waals surface area contributed by atoms with Crippen LogP contribution in [0, 0.1) is 0 Å². The molecule has 0 radical (unpaired) electrons. The third-order valence-electron chi connectivity index (χ3n) is 3.32. The third kappa shape index (κ3) is 3.84. The summed E-state index contributed by atoms with van der Waals surface area (Å²) in [6, 6.07) is 5.95. The number of hydrogen-bond donors (Lipinski definition) is 1. The van der Waals surface area contributed by atoms with E-state index in [1.165, 1.54) is 25.9 Å². The van der Waals surface area contributed by atoms with Gasteiger partial charge in [-0.25, -0.2) is 0 Å². The maximum Gasteiger partial charge on any atom is 0.130 e. The maximum absolute atomic E-state index is 5.88. The van der Waals surface area contributed by atoms with E-state index in [9.17, 15) is 0 Å². The Hall–Kier alpha value is -0.780. The zero-order chi connectivity index (χ0) is 13.7. The van der Waals surface area contributed by atoms with E-state index in [1.54, 1.807) is 11.8 Å². The lowest BCUT2D eigenvalue weighted by Crippen LogP contribution is -2.25. The lowest BCUT2D eigenvalue weighted by molar-refractivity contribution is 0.237. The zero-order valence-corrected chi connectivity index (χ0v) is 12.9. The molecule has 1 fully saturated rings. The molecule has 0 aliphatic carbocycles. The van der Waals surface area contributed by atoms with E-state index in [2.05, 4.69) is 4.90 Å². The smallest absolute Gasteiger partial charge is 0.130 e. The largest absolute Gasteiger partial charge is 0.491 e. The normalized spacial score (nSPS) is 15.6. The van der Waals surface area contributed by atoms with Gasteiger partial charge in [0.2, 0.25) is 0 Å². The molecule has 1 aliphatic rings. The molecular formula is C14H20N2OS2. The molecule has 0 spiro atoms. The Balaban J connectivity index is 2.00. The second-order valence-corrected chi connectivity index (χ2v) is 5.88. The Morgan fingerprint density at radius 2 is 2.16 bits per heavy atom. The molecule has 2 N–H and O–H groups in total. The maximum atomic E-state index is 5.88. The van der Waals surface area contributed by atoms with E-state index >= 15 is 0 Å². The first-order valence-corrected chi connectivity index (χ1v) is 8.17. The fourth-order valence-electron chi connectivity index (χ4n) is 2.34. The van der Waals surface area contributed by atoms with E-state index in [4.69, 9.17) is 22.7 Å². The first kappa shape index (κ1) is 14.6. The quantitative estimate of drug-likeness (QED) is 0.645. The minimum absolute atomic E-state index is 0.404. The Morgan fingerprint density at radius 3 is 2.79 bits per heavy atom. The molecule has 1 aromatic rings. The molecule has 1 aliphatic heterocycles. The lowest BCUT2D eigenvalue weighted by atomic mass is 10.2. The van der Waals surface area contributed by atoms with Gasteiger partial charge in [-0.15, -0.1) is 11.8 Å². The highest BCUT2D eigenvalue weighted by atomic mass is 32.2. The molecule has 3 nitrogen and oxygen atoms in total. The number of nitrogens with zero attached hydrogens (tertiary/aromatic N) is 1. The summed E-state index contributed by atoms with van der Waals surface area (Å²) in [7, 11) is 0. The summed E-state index contributed by atoms with van der Waals surface area (Å²) in [5, 5.41) is 0. The average Bonchev–Trinajstić information content (AvgIpc) is 2.91. The second kappa shape index (κ2) is 7.12. The van der Waals surface area contributed by atoms with Crippen LogP contribution < -0.4 is 10.5 Å². The fraction of sp³-hybridized carbons (Fsp3) is 0.500. The predicted octanol–water partition coefficient (Wildman–Crippen LogP) is 2.52. The standard InChI is InChI=1S/C14H20N2OS2/c1-19-12-6-4-5-11(13(12)14(15)18)17-10-9-16-7-2-3-8-16/h4-6H,2-3,7-10H2,1H3,(H2,15,18). The third-order valence-corrected chi connectivity index (χ3v) is 4.30. The Labute approximate surface area is 124 Å². The number of rotatable bonds is 6. The van der Waals surface area contributed by atoms with Gasteiger partial charge >= 0.3 is 0 Å². The van der Waals surface area contributed by atoms with Crippen LogP contribution in [0.25, 0.3) is 0 Å². The number of likely N-dealkylation sites (tertiary alicyclic amines) is 1. The van der Waals surface area contributed by atoms with Gasteiger partial charge in [-0.1, -0.05) is 18.3 Å². The highest BCUT2D eigenvalue weighted by Gasteiger charge is 2.14. The molecule has 1 heterocycles. The van der Waals surface area contributed by atoms with Gasteiger partial charge in [0.1, 0.15) is 17.3 Å². The lowest BCUT2D eigenvalue weighted by Gasteiger charge is -2.17. The monoisotopic (exact) mass is 296 g/mol. The van der Waals surface area contributed by atoms with Crippen LogP contribution in [-0.2, 0) is 0 Å². The van der Waals surface area contributed by atoms with Crippen LogP contribution in [0.15, 0.2) is 23.1 Å². The molecule has 19 heavy (non-hydrogen) atoms. The number of hydrogen-bond acceptors (Lipinski definition) is 4. The van der Waals surface area contributed by atoms with Crippen molar-refractivity contribution >= 4 is 29.0 Å². The van der Waals surface area contributed by atoms with Gasteiger partial charge < -0.3 is 10.5 Å². The topological polar surface area (TPSA) is 38.5 Å². The van der Waals surface area contributed by atoms with E-state index < -0.39 is 0 Å². The van der Waals surface area contributed by atoms with Crippen LogP contribution in [0.2, 0.25) is 0 Å². The summed E-state index contributed by atoms with van der Waals surface area (Å²) in [4.78, 5) is 3.91. The molecule has 0 aromatic heterocycles. The first-order chi connectivity index (χ1) is 9.22. The van der Waals surface area contributed by atoms with Gasteiger partial charge in [0, 0.05) is 11.4 Å². The predicted molar refractivity (Wildman–Crippen MR) is 85.3 cm³/mol. The van der Waals surface area contributed by atoms with Crippen LogP contribution in [0.4, 0.5) is 0 Å². The minimum Gasteiger partial charge on any atom is -0.491 e. The van der Waals surface area contributed by atoms with Crippen LogP contribution in [0.5, 0.6) is 5.75 Å². The average molecular weight is 296 g/mol. The van der Waals surface area contributed by atoms with Crippen molar-refractivity contribution in [2.75, 3.05) is 32.5 Å². The van der Waals surface area contributed by atoms with E-state index in [0.29, 0.717) is 11.6 Å². The van der Waals surface area contributed by atoms with Crippen molar-refractivity contribution in [1.29, 1.82) is 0 Å². The summed E-state index contributed by atoms with van der Waals surface area (Å²) >= 11 is 6.77. The van der Waals surface area contributed by atoms with Gasteiger partial charge in [0.15, 0.2) is 0 Å². The van der Waals surface area contributed by atoms with Crippen molar-refractivity contribution < 1.29 is 4.74 Å². The summed E-state index contributed by atoms with van der Waals surface area (Å²) in [5.41, 5.74) is 6.68. The Kier molecular flexibility index (Phi) is 5.48. The minimum atomic E-state index is 0.404. The highest BCUT2D eigenvalue weighted by Crippen LogP contribution is 2.28. The molecule has 5 heteroatoms. The van der Waals surface area contributed by atoms with Gasteiger partial charge in [0.05, 0.1) is 5.56 Å². The SMILES string of the molecule is CSc1cccc(OCCN2CCCC2)c1C(N)=S. The fourth-order valence-corrected chi connectivity index (χ4v) is 3.24. The van der Waals surface area contributed by atoms with Crippen molar-refractivity contribution in [3.63, 3.8) is 0 Å². The van der Waals surface area contributed by atoms with Crippen molar-refractivity contribution in [1.82, 2.24) is 4.90 Å². The molecule has 2 rings (SSSR count). The number of thioether (sulfide) groups is 1.